The minimum atomic E-state index is -3.11. The summed E-state index contributed by atoms with van der Waals surface area (Å²) in [5.41, 5.74) is 0.649. The summed E-state index contributed by atoms with van der Waals surface area (Å²) in [6.45, 7) is 0.469. The Kier molecular flexibility index (Phi) is 1.96. The van der Waals surface area contributed by atoms with Crippen LogP contribution in [-0.2, 0) is 9.84 Å². The summed E-state index contributed by atoms with van der Waals surface area (Å²) in [5, 5.41) is 3.46. The van der Waals surface area contributed by atoms with E-state index >= 15 is 0 Å². The summed E-state index contributed by atoms with van der Waals surface area (Å²) in [4.78, 5) is 0.311. The van der Waals surface area contributed by atoms with Crippen LogP contribution in [0, 0.1) is 0 Å². The lowest BCUT2D eigenvalue weighted by Gasteiger charge is -2.17. The van der Waals surface area contributed by atoms with Gasteiger partial charge >= 0.3 is 0 Å². The number of rotatable bonds is 0. The number of hydrogen-bond donors (Lipinski definition) is 1. The van der Waals surface area contributed by atoms with Gasteiger partial charge in [0.15, 0.2) is 9.84 Å². The molecule has 0 fully saturated rings. The summed E-state index contributed by atoms with van der Waals surface area (Å²) in [6, 6.07) is 4.85. The molecule has 0 saturated carbocycles. The second kappa shape index (κ2) is 2.89. The number of sulfone groups is 1. The van der Waals surface area contributed by atoms with Crippen molar-refractivity contribution in [1.82, 2.24) is 0 Å². The Labute approximate surface area is 81.6 Å². The monoisotopic (exact) mass is 217 g/mol. The van der Waals surface area contributed by atoms with Crippen molar-refractivity contribution in [2.45, 2.75) is 4.90 Å². The van der Waals surface area contributed by atoms with Crippen molar-refractivity contribution in [3.05, 3.63) is 23.2 Å². The Morgan fingerprint density at radius 3 is 2.92 bits per heavy atom. The molecule has 1 aliphatic heterocycles. The second-order valence-corrected chi connectivity index (χ2v) is 5.40. The number of halogens is 1. The predicted octanol–water partition coefficient (Wildman–Crippen LogP) is 1.54. The van der Waals surface area contributed by atoms with E-state index in [0.717, 1.165) is 0 Å². The maximum Gasteiger partial charge on any atom is 0.182 e. The predicted molar refractivity (Wildman–Crippen MR) is 52.0 cm³/mol. The molecule has 13 heavy (non-hydrogen) atoms. The molecule has 0 atom stereocenters. The van der Waals surface area contributed by atoms with Gasteiger partial charge in [0, 0.05) is 11.6 Å². The van der Waals surface area contributed by atoms with Gasteiger partial charge in [-0.3, -0.25) is 0 Å². The summed E-state index contributed by atoms with van der Waals surface area (Å²) in [7, 11) is -3.11. The molecule has 3 nitrogen and oxygen atoms in total. The van der Waals surface area contributed by atoms with Gasteiger partial charge in [-0.1, -0.05) is 11.6 Å². The summed E-state index contributed by atoms with van der Waals surface area (Å²) in [5.74, 6) is 0.139. The molecule has 1 aromatic carbocycles. The van der Waals surface area contributed by atoms with Gasteiger partial charge in [-0.2, -0.15) is 0 Å². The highest BCUT2D eigenvalue weighted by Crippen LogP contribution is 2.28. The minimum Gasteiger partial charge on any atom is -0.383 e. The van der Waals surface area contributed by atoms with Crippen LogP contribution < -0.4 is 5.32 Å². The molecule has 1 aliphatic rings. The van der Waals surface area contributed by atoms with Crippen LogP contribution in [0.5, 0.6) is 0 Å². The number of nitrogens with one attached hydrogen (secondary N) is 1. The normalized spacial score (nSPS) is 18.8. The van der Waals surface area contributed by atoms with E-state index in [4.69, 9.17) is 11.6 Å². The molecule has 1 heterocycles. The van der Waals surface area contributed by atoms with Gasteiger partial charge in [0.1, 0.15) is 0 Å². The van der Waals surface area contributed by atoms with Gasteiger partial charge < -0.3 is 5.32 Å². The van der Waals surface area contributed by atoms with Gasteiger partial charge in [-0.15, -0.1) is 0 Å². The van der Waals surface area contributed by atoms with Crippen LogP contribution in [0.1, 0.15) is 0 Å². The van der Waals surface area contributed by atoms with E-state index in [2.05, 4.69) is 5.32 Å². The van der Waals surface area contributed by atoms with Gasteiger partial charge in [-0.25, -0.2) is 8.42 Å². The van der Waals surface area contributed by atoms with Crippen LogP contribution in [0.4, 0.5) is 5.69 Å². The lowest BCUT2D eigenvalue weighted by atomic mass is 10.3. The Morgan fingerprint density at radius 2 is 2.15 bits per heavy atom. The first kappa shape index (κ1) is 8.84. The maximum absolute atomic E-state index is 11.5. The van der Waals surface area contributed by atoms with E-state index in [0.29, 0.717) is 22.2 Å². The fourth-order valence-corrected chi connectivity index (χ4v) is 2.94. The van der Waals surface area contributed by atoms with Gasteiger partial charge in [0.05, 0.1) is 16.3 Å². The van der Waals surface area contributed by atoms with E-state index in [9.17, 15) is 8.42 Å². The van der Waals surface area contributed by atoms with Gasteiger partial charge in [0.2, 0.25) is 0 Å². The van der Waals surface area contributed by atoms with Crippen LogP contribution in [-0.4, -0.2) is 20.7 Å². The number of benzene rings is 1. The van der Waals surface area contributed by atoms with Crippen molar-refractivity contribution in [1.29, 1.82) is 0 Å². The van der Waals surface area contributed by atoms with Crippen molar-refractivity contribution >= 4 is 27.1 Å². The highest BCUT2D eigenvalue weighted by atomic mass is 35.5. The molecule has 0 aromatic heterocycles. The number of hydrogen-bond acceptors (Lipinski definition) is 3. The zero-order valence-corrected chi connectivity index (χ0v) is 8.32. The van der Waals surface area contributed by atoms with Crippen LogP contribution in [0.2, 0.25) is 5.02 Å². The van der Waals surface area contributed by atoms with E-state index in [1.54, 1.807) is 12.1 Å². The van der Waals surface area contributed by atoms with Crippen molar-refractivity contribution < 1.29 is 8.42 Å². The molecule has 5 heteroatoms. The molecule has 0 amide bonds. The summed E-state index contributed by atoms with van der Waals surface area (Å²) >= 11 is 5.71. The SMILES string of the molecule is O=S1(=O)CCNc2ccc(Cl)cc21. The smallest absolute Gasteiger partial charge is 0.182 e. The van der Waals surface area contributed by atoms with Gasteiger partial charge in [-0.05, 0) is 18.2 Å². The Bertz CT molecular complexity index is 441. The lowest BCUT2D eigenvalue weighted by Crippen LogP contribution is -2.23. The van der Waals surface area contributed by atoms with E-state index in [1.807, 2.05) is 0 Å². The molecule has 0 saturated heterocycles. The van der Waals surface area contributed by atoms with E-state index in [1.165, 1.54) is 6.07 Å². The van der Waals surface area contributed by atoms with Crippen molar-refractivity contribution in [3.63, 3.8) is 0 Å². The average Bonchev–Trinajstić information content (AvgIpc) is 2.06. The molecule has 1 aromatic rings. The van der Waals surface area contributed by atoms with Crippen LogP contribution in [0.3, 0.4) is 0 Å². The average molecular weight is 218 g/mol. The minimum absolute atomic E-state index is 0.139. The summed E-state index contributed by atoms with van der Waals surface area (Å²) in [6.07, 6.45) is 0. The molecular weight excluding hydrogens is 210 g/mol. The first-order chi connectivity index (χ1) is 6.09. The highest BCUT2D eigenvalue weighted by molar-refractivity contribution is 7.91. The molecule has 0 radical (unpaired) electrons. The van der Waals surface area contributed by atoms with Crippen molar-refractivity contribution in [3.8, 4) is 0 Å². The van der Waals surface area contributed by atoms with Crippen LogP contribution >= 0.6 is 11.6 Å². The number of fused-ring (bicyclic) bond motifs is 1. The van der Waals surface area contributed by atoms with Gasteiger partial charge in [0.25, 0.3) is 0 Å². The molecule has 70 valence electrons. The summed E-state index contributed by atoms with van der Waals surface area (Å²) < 4.78 is 23.1. The molecule has 0 unspecified atom stereocenters. The van der Waals surface area contributed by atoms with Crippen LogP contribution in [0.25, 0.3) is 0 Å². The largest absolute Gasteiger partial charge is 0.383 e. The highest BCUT2D eigenvalue weighted by Gasteiger charge is 2.22. The van der Waals surface area contributed by atoms with E-state index in [-0.39, 0.29) is 5.75 Å². The quantitative estimate of drug-likeness (QED) is 0.717. The molecule has 1 N–H and O–H groups in total. The van der Waals surface area contributed by atoms with Crippen molar-refractivity contribution in [2.75, 3.05) is 17.6 Å². The Hall–Kier alpha value is -0.740. The first-order valence-corrected chi connectivity index (χ1v) is 5.89. The standard InChI is InChI=1S/C8H8ClNO2S/c9-6-1-2-7-8(5-6)13(11,12)4-3-10-7/h1-2,5,10H,3-4H2. The molecule has 2 rings (SSSR count). The molecule has 0 spiro atoms. The zero-order valence-electron chi connectivity index (χ0n) is 6.75. The van der Waals surface area contributed by atoms with Crippen LogP contribution in [0.15, 0.2) is 23.1 Å². The number of anilines is 1. The third-order valence-corrected chi connectivity index (χ3v) is 3.95. The fourth-order valence-electron chi connectivity index (χ4n) is 1.33. The third kappa shape index (κ3) is 1.51. The topological polar surface area (TPSA) is 46.2 Å². The second-order valence-electron chi connectivity index (χ2n) is 2.89. The van der Waals surface area contributed by atoms with Crippen molar-refractivity contribution in [2.24, 2.45) is 0 Å². The Balaban J connectivity index is 2.68. The fraction of sp³-hybridized carbons (Fsp3) is 0.250. The molecule has 0 aliphatic carbocycles. The van der Waals surface area contributed by atoms with E-state index < -0.39 is 9.84 Å². The molecular formula is C8H8ClNO2S. The lowest BCUT2D eigenvalue weighted by molar-refractivity contribution is 0.595. The molecule has 0 bridgehead atoms. The third-order valence-electron chi connectivity index (χ3n) is 1.96. The Morgan fingerprint density at radius 1 is 1.38 bits per heavy atom. The first-order valence-electron chi connectivity index (χ1n) is 3.86. The zero-order chi connectivity index (χ0) is 9.47. The maximum atomic E-state index is 11.5.